The third-order valence-corrected chi connectivity index (χ3v) is 4.57. The van der Waals surface area contributed by atoms with E-state index in [0.29, 0.717) is 25.4 Å². The Bertz CT molecular complexity index is 528. The Morgan fingerprint density at radius 2 is 2.21 bits per heavy atom. The lowest BCUT2D eigenvalue weighted by Gasteiger charge is -2.43. The van der Waals surface area contributed by atoms with Crippen LogP contribution in [0.3, 0.4) is 0 Å². The second kappa shape index (κ2) is 4.25. The number of nitrogens with zero attached hydrogens (tertiary/aromatic N) is 1. The average Bonchev–Trinajstić information content (AvgIpc) is 3.21. The van der Waals surface area contributed by atoms with Gasteiger partial charge in [0.15, 0.2) is 0 Å². The van der Waals surface area contributed by atoms with Crippen LogP contribution in [0.25, 0.3) is 0 Å². The van der Waals surface area contributed by atoms with Gasteiger partial charge < -0.3 is 9.84 Å². The van der Waals surface area contributed by atoms with Crippen molar-refractivity contribution in [1.82, 2.24) is 0 Å². The number of para-hydroxylation sites is 1. The highest BCUT2D eigenvalue weighted by atomic mass is 16.5. The molecule has 1 aliphatic heterocycles. The molecule has 3 nitrogen and oxygen atoms in total. The van der Waals surface area contributed by atoms with Gasteiger partial charge in [0.1, 0.15) is 11.2 Å². The van der Waals surface area contributed by atoms with Crippen molar-refractivity contribution in [3.8, 4) is 11.8 Å². The van der Waals surface area contributed by atoms with Crippen LogP contribution in [-0.4, -0.2) is 17.3 Å². The third kappa shape index (κ3) is 1.91. The van der Waals surface area contributed by atoms with Crippen molar-refractivity contribution < 1.29 is 9.84 Å². The van der Waals surface area contributed by atoms with E-state index in [1.165, 1.54) is 12.8 Å². The highest BCUT2D eigenvalue weighted by Crippen LogP contribution is 2.50. The summed E-state index contributed by atoms with van der Waals surface area (Å²) in [5.41, 5.74) is -0.998. The Labute approximate surface area is 113 Å². The molecule has 1 aliphatic carbocycles. The first-order valence-corrected chi connectivity index (χ1v) is 6.95. The van der Waals surface area contributed by atoms with Gasteiger partial charge in [0.2, 0.25) is 0 Å². The minimum absolute atomic E-state index is 0.491. The van der Waals surface area contributed by atoms with Crippen LogP contribution in [0.5, 0.6) is 5.75 Å². The SMILES string of the molecule is CC(O)(CC1CC1)C1(C#N)CCOc2ccccc21. The van der Waals surface area contributed by atoms with E-state index >= 15 is 0 Å². The lowest BCUT2D eigenvalue weighted by atomic mass is 9.64. The predicted molar refractivity (Wildman–Crippen MR) is 71.8 cm³/mol. The van der Waals surface area contributed by atoms with Gasteiger partial charge in [-0.2, -0.15) is 5.26 Å². The number of ether oxygens (including phenoxy) is 1. The van der Waals surface area contributed by atoms with Crippen molar-refractivity contribution in [3.05, 3.63) is 29.8 Å². The van der Waals surface area contributed by atoms with Crippen LogP contribution in [0.2, 0.25) is 0 Å². The molecule has 3 rings (SSSR count). The van der Waals surface area contributed by atoms with E-state index in [-0.39, 0.29) is 0 Å². The zero-order valence-corrected chi connectivity index (χ0v) is 11.2. The van der Waals surface area contributed by atoms with Crippen LogP contribution in [0.15, 0.2) is 24.3 Å². The largest absolute Gasteiger partial charge is 0.493 e. The van der Waals surface area contributed by atoms with Gasteiger partial charge in [-0.3, -0.25) is 0 Å². The number of hydrogen-bond acceptors (Lipinski definition) is 3. The van der Waals surface area contributed by atoms with Crippen LogP contribution < -0.4 is 4.74 Å². The lowest BCUT2D eigenvalue weighted by molar-refractivity contribution is -0.0270. The summed E-state index contributed by atoms with van der Waals surface area (Å²) in [6.07, 6.45) is 3.61. The van der Waals surface area contributed by atoms with E-state index in [1.807, 2.05) is 31.2 Å². The first-order chi connectivity index (χ1) is 9.09. The van der Waals surface area contributed by atoms with E-state index in [4.69, 9.17) is 4.74 Å². The summed E-state index contributed by atoms with van der Waals surface area (Å²) in [4.78, 5) is 0. The minimum atomic E-state index is -0.997. The van der Waals surface area contributed by atoms with Crippen LogP contribution in [0.1, 0.15) is 38.2 Å². The maximum absolute atomic E-state index is 11.0. The van der Waals surface area contributed by atoms with Gasteiger partial charge in [-0.05, 0) is 25.3 Å². The molecule has 1 aromatic carbocycles. The number of fused-ring (bicyclic) bond motifs is 1. The molecule has 0 bridgehead atoms. The molecule has 0 spiro atoms. The van der Waals surface area contributed by atoms with Gasteiger partial charge >= 0.3 is 0 Å². The highest BCUT2D eigenvalue weighted by Gasteiger charge is 2.53. The second-order valence-electron chi connectivity index (χ2n) is 6.03. The molecule has 0 aromatic heterocycles. The quantitative estimate of drug-likeness (QED) is 0.905. The van der Waals surface area contributed by atoms with E-state index in [1.54, 1.807) is 0 Å². The van der Waals surface area contributed by atoms with Crippen LogP contribution in [-0.2, 0) is 5.41 Å². The molecule has 2 atom stereocenters. The number of rotatable bonds is 3. The van der Waals surface area contributed by atoms with Crippen molar-refractivity contribution in [3.63, 3.8) is 0 Å². The molecule has 1 aromatic rings. The van der Waals surface area contributed by atoms with E-state index < -0.39 is 11.0 Å². The molecule has 0 amide bonds. The molecule has 100 valence electrons. The van der Waals surface area contributed by atoms with Gasteiger partial charge in [-0.25, -0.2) is 0 Å². The summed E-state index contributed by atoms with van der Waals surface area (Å²) in [7, 11) is 0. The normalized spacial score (nSPS) is 28.7. The maximum atomic E-state index is 11.0. The fourth-order valence-electron chi connectivity index (χ4n) is 3.25. The smallest absolute Gasteiger partial charge is 0.124 e. The van der Waals surface area contributed by atoms with Crippen LogP contribution in [0, 0.1) is 17.2 Å². The molecule has 1 N–H and O–H groups in total. The number of nitriles is 1. The molecule has 3 heteroatoms. The molecule has 1 fully saturated rings. The summed E-state index contributed by atoms with van der Waals surface area (Å²) in [6, 6.07) is 10.0. The maximum Gasteiger partial charge on any atom is 0.124 e. The number of hydrogen-bond donors (Lipinski definition) is 1. The Hall–Kier alpha value is -1.53. The van der Waals surface area contributed by atoms with E-state index in [0.717, 1.165) is 11.3 Å². The van der Waals surface area contributed by atoms with Crippen LogP contribution in [0.4, 0.5) is 0 Å². The second-order valence-corrected chi connectivity index (χ2v) is 6.03. The van der Waals surface area contributed by atoms with Crippen molar-refractivity contribution in [1.29, 1.82) is 5.26 Å². The van der Waals surface area contributed by atoms with E-state index in [9.17, 15) is 10.4 Å². The summed E-state index contributed by atoms with van der Waals surface area (Å²) >= 11 is 0. The van der Waals surface area contributed by atoms with Crippen LogP contribution >= 0.6 is 0 Å². The molecule has 0 radical (unpaired) electrons. The van der Waals surface area contributed by atoms with Gasteiger partial charge in [0.05, 0.1) is 18.3 Å². The molecule has 1 heterocycles. The minimum Gasteiger partial charge on any atom is -0.493 e. The van der Waals surface area contributed by atoms with Crippen molar-refractivity contribution in [2.24, 2.45) is 5.92 Å². The molecule has 19 heavy (non-hydrogen) atoms. The number of aliphatic hydroxyl groups is 1. The van der Waals surface area contributed by atoms with Gasteiger partial charge in [0.25, 0.3) is 0 Å². The summed E-state index contributed by atoms with van der Waals surface area (Å²) in [6.45, 7) is 2.31. The highest BCUT2D eigenvalue weighted by molar-refractivity contribution is 5.48. The van der Waals surface area contributed by atoms with E-state index in [2.05, 4.69) is 6.07 Å². The lowest BCUT2D eigenvalue weighted by Crippen LogP contribution is -2.51. The molecule has 2 aliphatic rings. The topological polar surface area (TPSA) is 53.2 Å². The molecule has 0 saturated heterocycles. The Balaban J connectivity index is 2.06. The zero-order valence-electron chi connectivity index (χ0n) is 11.2. The Kier molecular flexibility index (Phi) is 2.79. The molecular weight excluding hydrogens is 238 g/mol. The monoisotopic (exact) mass is 257 g/mol. The molecule has 1 saturated carbocycles. The van der Waals surface area contributed by atoms with Crippen molar-refractivity contribution >= 4 is 0 Å². The zero-order chi connectivity index (χ0) is 13.5. The fraction of sp³-hybridized carbons (Fsp3) is 0.562. The van der Waals surface area contributed by atoms with Crippen molar-refractivity contribution in [2.75, 3.05) is 6.61 Å². The molecule has 2 unspecified atom stereocenters. The van der Waals surface area contributed by atoms with Gasteiger partial charge in [0, 0.05) is 12.0 Å². The Morgan fingerprint density at radius 3 is 2.89 bits per heavy atom. The summed E-state index contributed by atoms with van der Waals surface area (Å²) in [5, 5.41) is 20.8. The summed E-state index contributed by atoms with van der Waals surface area (Å²) in [5.74, 6) is 1.32. The standard InChI is InChI=1S/C16H19NO2/c1-15(18,10-12-6-7-12)16(11-17)8-9-19-14-5-3-2-4-13(14)16/h2-5,12,18H,6-10H2,1H3. The Morgan fingerprint density at radius 1 is 1.47 bits per heavy atom. The van der Waals surface area contributed by atoms with Gasteiger partial charge in [-0.1, -0.05) is 31.0 Å². The van der Waals surface area contributed by atoms with Gasteiger partial charge in [-0.15, -0.1) is 0 Å². The molecular formula is C16H19NO2. The first kappa shape index (κ1) is 12.5. The fourth-order valence-corrected chi connectivity index (χ4v) is 3.25. The summed E-state index contributed by atoms with van der Waals surface area (Å²) < 4.78 is 5.63. The first-order valence-electron chi connectivity index (χ1n) is 6.95. The third-order valence-electron chi connectivity index (χ3n) is 4.57. The van der Waals surface area contributed by atoms with Crippen molar-refractivity contribution in [2.45, 2.75) is 43.6 Å². The number of benzene rings is 1. The average molecular weight is 257 g/mol. The predicted octanol–water partition coefficient (Wildman–Crippen LogP) is 2.78.